The van der Waals surface area contributed by atoms with E-state index in [2.05, 4.69) is 26.8 Å². The lowest BCUT2D eigenvalue weighted by molar-refractivity contribution is 0.0932. The first-order valence-electron chi connectivity index (χ1n) is 7.29. The van der Waals surface area contributed by atoms with E-state index in [9.17, 15) is 0 Å². The lowest BCUT2D eigenvalue weighted by atomic mass is 9.63. The maximum Gasteiger partial charge on any atom is 0.0931 e. The molecule has 1 fully saturated rings. The highest BCUT2D eigenvalue weighted by molar-refractivity contribution is 7.16. The zero-order valence-corrected chi connectivity index (χ0v) is 13.9. The third-order valence-electron chi connectivity index (χ3n) is 4.88. The van der Waals surface area contributed by atoms with Crippen molar-refractivity contribution in [3.8, 4) is 0 Å². The summed E-state index contributed by atoms with van der Waals surface area (Å²) in [5.74, 6) is 0.846. The molecular formula is C16H26ClNS. The minimum absolute atomic E-state index is 0.315. The zero-order valence-electron chi connectivity index (χ0n) is 12.3. The van der Waals surface area contributed by atoms with Crippen molar-refractivity contribution in [2.75, 3.05) is 6.54 Å². The molecule has 1 saturated carbocycles. The molecule has 1 aromatic rings. The Balaban J connectivity index is 2.02. The predicted molar refractivity (Wildman–Crippen MR) is 85.9 cm³/mol. The number of hydrogen-bond donors (Lipinski definition) is 1. The van der Waals surface area contributed by atoms with Gasteiger partial charge in [-0.15, -0.1) is 11.3 Å². The molecule has 0 amide bonds. The second kappa shape index (κ2) is 5.75. The molecule has 1 heterocycles. The van der Waals surface area contributed by atoms with Gasteiger partial charge in [-0.2, -0.15) is 0 Å². The average Bonchev–Trinajstić information content (AvgIpc) is 2.74. The van der Waals surface area contributed by atoms with Gasteiger partial charge in [-0.1, -0.05) is 32.4 Å². The third kappa shape index (κ3) is 3.74. The second-order valence-corrected chi connectivity index (χ2v) is 9.03. The molecule has 0 atom stereocenters. The van der Waals surface area contributed by atoms with Crippen molar-refractivity contribution in [3.05, 3.63) is 21.3 Å². The third-order valence-corrected chi connectivity index (χ3v) is 6.11. The Morgan fingerprint density at radius 2 is 1.95 bits per heavy atom. The molecule has 0 aliphatic heterocycles. The summed E-state index contributed by atoms with van der Waals surface area (Å²) in [6.07, 6.45) is 6.28. The van der Waals surface area contributed by atoms with Crippen LogP contribution < -0.4 is 5.73 Å². The molecule has 3 heteroatoms. The van der Waals surface area contributed by atoms with Gasteiger partial charge in [-0.05, 0) is 67.5 Å². The van der Waals surface area contributed by atoms with Crippen LogP contribution in [-0.2, 0) is 6.42 Å². The number of rotatable bonds is 3. The fraction of sp³-hybridized carbons (Fsp3) is 0.750. The van der Waals surface area contributed by atoms with Crippen LogP contribution in [0.5, 0.6) is 0 Å². The fourth-order valence-corrected chi connectivity index (χ4v) is 4.63. The Morgan fingerprint density at radius 1 is 1.32 bits per heavy atom. The van der Waals surface area contributed by atoms with Crippen LogP contribution in [0.1, 0.15) is 51.3 Å². The van der Waals surface area contributed by atoms with E-state index in [1.165, 1.54) is 30.6 Å². The standard InChI is InChI=1S/C16H26ClNS/c1-15(2,3)12-6-8-16(11-18,9-7-12)10-13-4-5-14(17)19-13/h4-5,12H,6-11,18H2,1-3H3. The van der Waals surface area contributed by atoms with Gasteiger partial charge in [0.25, 0.3) is 0 Å². The average molecular weight is 300 g/mol. The molecule has 0 radical (unpaired) electrons. The Labute approximate surface area is 126 Å². The summed E-state index contributed by atoms with van der Waals surface area (Å²) in [6, 6.07) is 4.17. The van der Waals surface area contributed by atoms with Crippen LogP contribution in [0.15, 0.2) is 12.1 Å². The van der Waals surface area contributed by atoms with Crippen molar-refractivity contribution in [2.24, 2.45) is 22.5 Å². The normalized spacial score (nSPS) is 28.6. The van der Waals surface area contributed by atoms with Gasteiger partial charge in [-0.3, -0.25) is 0 Å². The Hall–Kier alpha value is -0.0500. The minimum atomic E-state index is 0.315. The van der Waals surface area contributed by atoms with Crippen LogP contribution in [0.25, 0.3) is 0 Å². The van der Waals surface area contributed by atoms with Crippen LogP contribution in [0.2, 0.25) is 4.34 Å². The molecule has 1 aliphatic carbocycles. The molecule has 0 spiro atoms. The largest absolute Gasteiger partial charge is 0.330 e. The number of thiophene rings is 1. The van der Waals surface area contributed by atoms with Crippen LogP contribution in [0, 0.1) is 16.7 Å². The Bertz CT molecular complexity index is 411. The molecule has 0 aromatic carbocycles. The Morgan fingerprint density at radius 3 is 2.37 bits per heavy atom. The number of hydrogen-bond acceptors (Lipinski definition) is 2. The summed E-state index contributed by atoms with van der Waals surface area (Å²) >= 11 is 7.75. The number of nitrogens with two attached hydrogens (primary N) is 1. The van der Waals surface area contributed by atoms with Gasteiger partial charge in [0.05, 0.1) is 4.34 Å². The quantitative estimate of drug-likeness (QED) is 0.823. The first kappa shape index (κ1) is 15.3. The van der Waals surface area contributed by atoms with Crippen LogP contribution in [-0.4, -0.2) is 6.54 Å². The van der Waals surface area contributed by atoms with Crippen molar-refractivity contribution in [1.29, 1.82) is 0 Å². The van der Waals surface area contributed by atoms with E-state index in [0.29, 0.717) is 10.8 Å². The van der Waals surface area contributed by atoms with Crippen molar-refractivity contribution < 1.29 is 0 Å². The van der Waals surface area contributed by atoms with E-state index >= 15 is 0 Å². The zero-order chi connectivity index (χ0) is 14.1. The molecule has 1 nitrogen and oxygen atoms in total. The van der Waals surface area contributed by atoms with Gasteiger partial charge in [0, 0.05) is 4.88 Å². The van der Waals surface area contributed by atoms with Crippen LogP contribution >= 0.6 is 22.9 Å². The topological polar surface area (TPSA) is 26.0 Å². The van der Waals surface area contributed by atoms with E-state index in [4.69, 9.17) is 17.3 Å². The minimum Gasteiger partial charge on any atom is -0.330 e. The van der Waals surface area contributed by atoms with E-state index in [1.807, 2.05) is 6.07 Å². The molecule has 0 saturated heterocycles. The first-order chi connectivity index (χ1) is 8.85. The highest BCUT2D eigenvalue weighted by Crippen LogP contribution is 2.47. The van der Waals surface area contributed by atoms with Crippen molar-refractivity contribution in [3.63, 3.8) is 0 Å². The molecule has 0 bridgehead atoms. The lowest BCUT2D eigenvalue weighted by Gasteiger charge is -2.43. The van der Waals surface area contributed by atoms with E-state index in [1.54, 1.807) is 11.3 Å². The second-order valence-electron chi connectivity index (χ2n) is 7.23. The monoisotopic (exact) mass is 299 g/mol. The van der Waals surface area contributed by atoms with Gasteiger partial charge in [-0.25, -0.2) is 0 Å². The molecule has 0 unspecified atom stereocenters. The summed E-state index contributed by atoms with van der Waals surface area (Å²) in [5.41, 5.74) is 6.87. The summed E-state index contributed by atoms with van der Waals surface area (Å²) < 4.78 is 0.894. The van der Waals surface area contributed by atoms with Gasteiger partial charge in [0.1, 0.15) is 0 Å². The smallest absolute Gasteiger partial charge is 0.0931 e. The molecular weight excluding hydrogens is 274 g/mol. The van der Waals surface area contributed by atoms with Gasteiger partial charge in [0.2, 0.25) is 0 Å². The molecule has 19 heavy (non-hydrogen) atoms. The summed E-state index contributed by atoms with van der Waals surface area (Å²) in [4.78, 5) is 1.39. The summed E-state index contributed by atoms with van der Waals surface area (Å²) in [7, 11) is 0. The Kier molecular flexibility index (Phi) is 4.64. The molecule has 2 N–H and O–H groups in total. The van der Waals surface area contributed by atoms with Gasteiger partial charge in [0.15, 0.2) is 0 Å². The van der Waals surface area contributed by atoms with Crippen molar-refractivity contribution in [2.45, 2.75) is 52.9 Å². The number of halogens is 1. The van der Waals surface area contributed by atoms with Gasteiger partial charge >= 0.3 is 0 Å². The molecule has 2 rings (SSSR count). The molecule has 108 valence electrons. The van der Waals surface area contributed by atoms with Gasteiger partial charge < -0.3 is 5.73 Å². The maximum absolute atomic E-state index is 6.12. The predicted octanol–water partition coefficient (Wildman–Crippen LogP) is 5.13. The fourth-order valence-electron chi connectivity index (χ4n) is 3.37. The van der Waals surface area contributed by atoms with Crippen LogP contribution in [0.4, 0.5) is 0 Å². The SMILES string of the molecule is CC(C)(C)C1CCC(CN)(Cc2ccc(Cl)s2)CC1. The molecule has 1 aromatic heterocycles. The summed E-state index contributed by atoms with van der Waals surface area (Å²) in [6.45, 7) is 7.91. The maximum atomic E-state index is 6.12. The molecule has 1 aliphatic rings. The highest BCUT2D eigenvalue weighted by atomic mass is 35.5. The summed E-state index contributed by atoms with van der Waals surface area (Å²) in [5, 5.41) is 0. The highest BCUT2D eigenvalue weighted by Gasteiger charge is 2.38. The van der Waals surface area contributed by atoms with E-state index < -0.39 is 0 Å². The van der Waals surface area contributed by atoms with Crippen molar-refractivity contribution in [1.82, 2.24) is 0 Å². The lowest BCUT2D eigenvalue weighted by Crippen LogP contribution is -2.39. The van der Waals surface area contributed by atoms with Crippen LogP contribution in [0.3, 0.4) is 0 Å². The van der Waals surface area contributed by atoms with E-state index in [0.717, 1.165) is 23.2 Å². The van der Waals surface area contributed by atoms with Crippen molar-refractivity contribution >= 4 is 22.9 Å². The van der Waals surface area contributed by atoms with E-state index in [-0.39, 0.29) is 0 Å². The first-order valence-corrected chi connectivity index (χ1v) is 8.48.